The zero-order chi connectivity index (χ0) is 24.5. The Morgan fingerprint density at radius 3 is 2.53 bits per heavy atom. The highest BCUT2D eigenvalue weighted by molar-refractivity contribution is 8.15. The van der Waals surface area contributed by atoms with Crippen molar-refractivity contribution in [3.05, 3.63) is 53.6 Å². The molecule has 34 heavy (non-hydrogen) atoms. The van der Waals surface area contributed by atoms with Crippen LogP contribution in [0.4, 0.5) is 11.4 Å². The lowest BCUT2D eigenvalue weighted by Gasteiger charge is -2.32. The summed E-state index contributed by atoms with van der Waals surface area (Å²) in [5.74, 6) is 0.521. The van der Waals surface area contributed by atoms with Crippen LogP contribution < -0.4 is 10.1 Å². The van der Waals surface area contributed by atoms with Crippen molar-refractivity contribution < 1.29 is 14.3 Å². The number of anilines is 1. The molecule has 1 atom stereocenters. The van der Waals surface area contributed by atoms with Gasteiger partial charge in [0.1, 0.15) is 11.0 Å². The van der Waals surface area contributed by atoms with Gasteiger partial charge in [-0.05, 0) is 56.2 Å². The Balaban J connectivity index is 1.77. The van der Waals surface area contributed by atoms with E-state index in [-0.39, 0.29) is 18.2 Å². The minimum Gasteiger partial charge on any atom is -0.497 e. The maximum absolute atomic E-state index is 13.1. The van der Waals surface area contributed by atoms with Crippen molar-refractivity contribution in [2.45, 2.75) is 64.5 Å². The number of aryl methyl sites for hydroxylation is 2. The lowest BCUT2D eigenvalue weighted by Crippen LogP contribution is -2.45. The smallest absolute Gasteiger partial charge is 0.238 e. The summed E-state index contributed by atoms with van der Waals surface area (Å²) in [6, 6.07) is 13.3. The summed E-state index contributed by atoms with van der Waals surface area (Å²) in [6.45, 7) is 6.80. The van der Waals surface area contributed by atoms with Crippen LogP contribution in [0.25, 0.3) is 0 Å². The molecule has 1 unspecified atom stereocenters. The molecule has 1 N–H and O–H groups in total. The number of amides is 2. The summed E-state index contributed by atoms with van der Waals surface area (Å²) in [6.07, 6.45) is 5.72. The number of carbonyl (C=O) groups excluding carboxylic acids is 2. The van der Waals surface area contributed by atoms with Gasteiger partial charge in [-0.2, -0.15) is 0 Å². The van der Waals surface area contributed by atoms with Crippen LogP contribution in [0.5, 0.6) is 5.75 Å². The number of rotatable bonds is 10. The molecule has 1 aliphatic heterocycles. The number of carbonyl (C=O) groups is 2. The first kappa shape index (κ1) is 25.8. The number of ether oxygens (including phenoxy) is 1. The highest BCUT2D eigenvalue weighted by Crippen LogP contribution is 2.31. The van der Waals surface area contributed by atoms with Gasteiger partial charge in [-0.15, -0.1) is 0 Å². The summed E-state index contributed by atoms with van der Waals surface area (Å²) in [5.41, 5.74) is 3.64. The van der Waals surface area contributed by atoms with Crippen LogP contribution in [0.3, 0.4) is 0 Å². The third kappa shape index (κ3) is 7.10. The molecule has 1 heterocycles. The number of nitrogens with one attached hydrogen (secondary N) is 1. The Morgan fingerprint density at radius 2 is 1.85 bits per heavy atom. The second kappa shape index (κ2) is 12.6. The number of hydrogen-bond donors (Lipinski definition) is 1. The molecule has 0 aromatic heterocycles. The monoisotopic (exact) mass is 481 g/mol. The predicted molar refractivity (Wildman–Crippen MR) is 141 cm³/mol. The maximum atomic E-state index is 13.1. The minimum absolute atomic E-state index is 0.0534. The number of unbranched alkanes of at least 4 members (excludes halogenated alkanes) is 4. The Bertz CT molecular complexity index is 1020. The molecular weight excluding hydrogens is 446 g/mol. The number of nitrogens with zero attached hydrogens (tertiary/aromatic N) is 2. The van der Waals surface area contributed by atoms with Crippen molar-refractivity contribution in [3.63, 3.8) is 0 Å². The number of benzene rings is 2. The Kier molecular flexibility index (Phi) is 9.57. The van der Waals surface area contributed by atoms with E-state index in [0.29, 0.717) is 11.7 Å². The molecule has 0 aliphatic carbocycles. The Hall–Kier alpha value is -2.80. The van der Waals surface area contributed by atoms with Gasteiger partial charge in [0.05, 0.1) is 12.8 Å². The van der Waals surface area contributed by atoms with Crippen LogP contribution in [0.15, 0.2) is 47.5 Å². The third-order valence-corrected chi connectivity index (χ3v) is 7.04. The van der Waals surface area contributed by atoms with E-state index in [1.165, 1.54) is 24.6 Å². The topological polar surface area (TPSA) is 71.0 Å². The van der Waals surface area contributed by atoms with Crippen LogP contribution in [0, 0.1) is 13.8 Å². The fourth-order valence-corrected chi connectivity index (χ4v) is 4.99. The van der Waals surface area contributed by atoms with E-state index in [1.807, 2.05) is 56.3 Å². The Morgan fingerprint density at radius 1 is 1.12 bits per heavy atom. The van der Waals surface area contributed by atoms with Gasteiger partial charge in [0.15, 0.2) is 5.17 Å². The summed E-state index contributed by atoms with van der Waals surface area (Å²) < 4.78 is 5.23. The standard InChI is InChI=1S/C27H35N3O3S/c1-5-6-7-8-9-16-30-25(31)18-24(26(32)29-23-15-10-19(2)17-20(23)3)34-27(30)28-21-11-13-22(33-4)14-12-21/h10-15,17,24H,5-9,16,18H2,1-4H3,(H,29,32). The average Bonchev–Trinajstić information content (AvgIpc) is 2.82. The molecule has 1 fully saturated rings. The molecule has 0 radical (unpaired) electrons. The van der Waals surface area contributed by atoms with E-state index in [0.717, 1.165) is 47.5 Å². The van der Waals surface area contributed by atoms with Crippen molar-refractivity contribution in [1.29, 1.82) is 0 Å². The summed E-state index contributed by atoms with van der Waals surface area (Å²) >= 11 is 1.36. The average molecular weight is 482 g/mol. The van der Waals surface area contributed by atoms with E-state index in [1.54, 1.807) is 12.0 Å². The molecule has 7 heteroatoms. The van der Waals surface area contributed by atoms with Crippen molar-refractivity contribution in [3.8, 4) is 5.75 Å². The molecule has 182 valence electrons. The number of hydrogen-bond acceptors (Lipinski definition) is 5. The zero-order valence-electron chi connectivity index (χ0n) is 20.6. The first-order valence-corrected chi connectivity index (χ1v) is 12.9. The quantitative estimate of drug-likeness (QED) is 0.408. The summed E-state index contributed by atoms with van der Waals surface area (Å²) in [5, 5.41) is 3.06. The van der Waals surface area contributed by atoms with Crippen LogP contribution in [-0.4, -0.2) is 40.8 Å². The van der Waals surface area contributed by atoms with Crippen LogP contribution in [0.1, 0.15) is 56.6 Å². The van der Waals surface area contributed by atoms with Gasteiger partial charge in [-0.3, -0.25) is 14.5 Å². The first-order valence-electron chi connectivity index (χ1n) is 12.0. The van der Waals surface area contributed by atoms with E-state index in [2.05, 4.69) is 12.2 Å². The second-order valence-electron chi connectivity index (χ2n) is 8.67. The molecule has 0 spiro atoms. The van der Waals surface area contributed by atoms with Gasteiger partial charge in [0, 0.05) is 18.7 Å². The lowest BCUT2D eigenvalue weighted by atomic mass is 10.1. The van der Waals surface area contributed by atoms with Crippen molar-refractivity contribution in [2.75, 3.05) is 19.0 Å². The molecule has 0 bridgehead atoms. The molecule has 3 rings (SSSR count). The summed E-state index contributed by atoms with van der Waals surface area (Å²) in [4.78, 5) is 32.7. The molecule has 2 amide bonds. The number of methoxy groups -OCH3 is 1. The molecule has 2 aromatic carbocycles. The number of amidine groups is 1. The van der Waals surface area contributed by atoms with Gasteiger partial charge in [0.25, 0.3) is 0 Å². The van der Waals surface area contributed by atoms with E-state index >= 15 is 0 Å². The number of thioether (sulfide) groups is 1. The molecule has 0 saturated carbocycles. The van der Waals surface area contributed by atoms with E-state index in [9.17, 15) is 9.59 Å². The molecule has 6 nitrogen and oxygen atoms in total. The van der Waals surface area contributed by atoms with Crippen molar-refractivity contribution in [2.24, 2.45) is 4.99 Å². The minimum atomic E-state index is -0.526. The van der Waals surface area contributed by atoms with Crippen LogP contribution in [0.2, 0.25) is 0 Å². The fourth-order valence-electron chi connectivity index (χ4n) is 3.87. The molecule has 1 saturated heterocycles. The molecule has 1 aliphatic rings. The lowest BCUT2D eigenvalue weighted by molar-refractivity contribution is -0.129. The van der Waals surface area contributed by atoms with Crippen LogP contribution in [-0.2, 0) is 9.59 Å². The zero-order valence-corrected chi connectivity index (χ0v) is 21.4. The van der Waals surface area contributed by atoms with Crippen molar-refractivity contribution in [1.82, 2.24) is 4.90 Å². The number of aliphatic imine (C=N–C) groups is 1. The van der Waals surface area contributed by atoms with E-state index < -0.39 is 5.25 Å². The normalized spacial score (nSPS) is 17.2. The van der Waals surface area contributed by atoms with Gasteiger partial charge in [-0.1, -0.05) is 62.1 Å². The van der Waals surface area contributed by atoms with Gasteiger partial charge < -0.3 is 10.1 Å². The SMILES string of the molecule is CCCCCCCN1C(=O)CC(C(=O)Nc2ccc(C)cc2C)SC1=Nc1ccc(OC)cc1. The van der Waals surface area contributed by atoms with Gasteiger partial charge >= 0.3 is 0 Å². The molecular formula is C27H35N3O3S. The maximum Gasteiger partial charge on any atom is 0.238 e. The Labute approximate surface area is 207 Å². The highest BCUT2D eigenvalue weighted by Gasteiger charge is 2.35. The van der Waals surface area contributed by atoms with Crippen LogP contribution >= 0.6 is 11.8 Å². The van der Waals surface area contributed by atoms with E-state index in [4.69, 9.17) is 9.73 Å². The molecule has 2 aromatic rings. The second-order valence-corrected chi connectivity index (χ2v) is 9.84. The van der Waals surface area contributed by atoms with Gasteiger partial charge in [0.2, 0.25) is 11.8 Å². The van der Waals surface area contributed by atoms with Gasteiger partial charge in [-0.25, -0.2) is 4.99 Å². The first-order chi connectivity index (χ1) is 16.4. The fraction of sp³-hybridized carbons (Fsp3) is 0.444. The predicted octanol–water partition coefficient (Wildman–Crippen LogP) is 6.24. The largest absolute Gasteiger partial charge is 0.497 e. The summed E-state index contributed by atoms with van der Waals surface area (Å²) in [7, 11) is 1.62. The third-order valence-electron chi connectivity index (χ3n) is 5.85. The highest BCUT2D eigenvalue weighted by atomic mass is 32.2. The van der Waals surface area contributed by atoms with Crippen molar-refractivity contribution >= 4 is 40.1 Å².